The Bertz CT molecular complexity index is 976. The van der Waals surface area contributed by atoms with Gasteiger partial charge in [-0.15, -0.1) is 0 Å². The maximum atomic E-state index is 14.1. The minimum Gasteiger partial charge on any atom is -0.465 e. The zero-order chi connectivity index (χ0) is 20.2. The third kappa shape index (κ3) is 4.73. The molecule has 0 bridgehead atoms. The largest absolute Gasteiger partial charge is 0.465 e. The lowest BCUT2D eigenvalue weighted by Gasteiger charge is -2.16. The molecule has 2 N–H and O–H groups in total. The van der Waals surface area contributed by atoms with Gasteiger partial charge in [0, 0.05) is 14.1 Å². The van der Waals surface area contributed by atoms with Crippen LogP contribution in [-0.2, 0) is 14.8 Å². The predicted molar refractivity (Wildman–Crippen MR) is 97.7 cm³/mol. The number of carbonyl (C=O) groups excluding carboxylic acids is 2. The number of rotatable bonds is 5. The molecule has 0 aliphatic heterocycles. The Morgan fingerprint density at radius 2 is 1.70 bits per heavy atom. The van der Waals surface area contributed by atoms with Gasteiger partial charge in [-0.2, -0.15) is 0 Å². The molecule has 0 unspecified atom stereocenters. The Morgan fingerprint density at radius 3 is 2.30 bits per heavy atom. The van der Waals surface area contributed by atoms with Gasteiger partial charge >= 0.3 is 12.0 Å². The second kappa shape index (κ2) is 8.04. The number of methoxy groups -OCH3 is 1. The Morgan fingerprint density at radius 1 is 1.07 bits per heavy atom. The number of carbonyl (C=O) groups is 2. The second-order valence-electron chi connectivity index (χ2n) is 5.61. The van der Waals surface area contributed by atoms with Crippen LogP contribution >= 0.6 is 0 Å². The van der Waals surface area contributed by atoms with Crippen LogP contribution in [0.5, 0.6) is 0 Å². The number of nitrogens with one attached hydrogen (secondary N) is 2. The molecule has 0 aromatic heterocycles. The third-order valence-corrected chi connectivity index (χ3v) is 4.84. The van der Waals surface area contributed by atoms with Crippen LogP contribution in [0.4, 0.5) is 20.6 Å². The quantitative estimate of drug-likeness (QED) is 0.757. The van der Waals surface area contributed by atoms with E-state index in [0.717, 1.165) is 25.3 Å². The molecule has 0 fully saturated rings. The molecule has 0 heterocycles. The van der Waals surface area contributed by atoms with Crippen molar-refractivity contribution in [3.63, 3.8) is 0 Å². The first-order valence-corrected chi connectivity index (χ1v) is 9.12. The lowest BCUT2D eigenvalue weighted by atomic mass is 10.2. The first-order valence-electron chi connectivity index (χ1n) is 7.63. The molecular formula is C17H18FN3O5S. The average molecular weight is 395 g/mol. The molecule has 0 aliphatic rings. The van der Waals surface area contributed by atoms with E-state index in [1.165, 1.54) is 31.1 Å². The van der Waals surface area contributed by atoms with Gasteiger partial charge in [0.2, 0.25) is 0 Å². The number of para-hydroxylation sites is 2. The molecule has 0 saturated heterocycles. The molecule has 0 spiro atoms. The Balaban J connectivity index is 2.40. The Kier molecular flexibility index (Phi) is 6.01. The van der Waals surface area contributed by atoms with Crippen molar-refractivity contribution in [3.05, 3.63) is 53.8 Å². The molecular weight excluding hydrogens is 377 g/mol. The maximum Gasteiger partial charge on any atom is 0.337 e. The number of nitrogens with zero attached hydrogens (tertiary/aromatic N) is 1. The van der Waals surface area contributed by atoms with Gasteiger partial charge in [-0.1, -0.05) is 12.1 Å². The van der Waals surface area contributed by atoms with Crippen molar-refractivity contribution in [2.24, 2.45) is 0 Å². The van der Waals surface area contributed by atoms with Crippen LogP contribution in [0.2, 0.25) is 0 Å². The van der Waals surface area contributed by atoms with Crippen molar-refractivity contribution in [1.29, 1.82) is 0 Å². The number of anilines is 2. The molecule has 27 heavy (non-hydrogen) atoms. The molecule has 2 rings (SSSR count). The number of hydrogen-bond acceptors (Lipinski definition) is 5. The van der Waals surface area contributed by atoms with E-state index in [9.17, 15) is 22.4 Å². The fourth-order valence-electron chi connectivity index (χ4n) is 2.06. The third-order valence-electron chi connectivity index (χ3n) is 3.46. The SMILES string of the molecule is COC(=O)c1ccc(F)c(S(=O)(=O)Nc2ccccc2NC(=O)N(C)C)c1. The first kappa shape index (κ1) is 20.2. The number of benzene rings is 2. The smallest absolute Gasteiger partial charge is 0.337 e. The lowest BCUT2D eigenvalue weighted by Crippen LogP contribution is -2.28. The first-order chi connectivity index (χ1) is 12.7. The summed E-state index contributed by atoms with van der Waals surface area (Å²) in [5.74, 6) is -1.84. The summed E-state index contributed by atoms with van der Waals surface area (Å²) in [7, 11) is -0.210. The van der Waals surface area contributed by atoms with Gasteiger partial charge in [0.25, 0.3) is 10.0 Å². The summed E-state index contributed by atoms with van der Waals surface area (Å²) in [5, 5.41) is 2.53. The number of halogens is 1. The fraction of sp³-hybridized carbons (Fsp3) is 0.176. The Hall–Kier alpha value is -3.14. The summed E-state index contributed by atoms with van der Waals surface area (Å²) in [5.41, 5.74) is 0.105. The van der Waals surface area contributed by atoms with Crippen molar-refractivity contribution in [3.8, 4) is 0 Å². The van der Waals surface area contributed by atoms with Gasteiger partial charge in [-0.3, -0.25) is 4.72 Å². The van der Waals surface area contributed by atoms with Gasteiger partial charge in [0.15, 0.2) is 0 Å². The predicted octanol–water partition coefficient (Wildman–Crippen LogP) is 2.51. The molecule has 144 valence electrons. The Labute approximate surface area is 156 Å². The van der Waals surface area contributed by atoms with E-state index >= 15 is 0 Å². The maximum absolute atomic E-state index is 14.1. The number of esters is 1. The van der Waals surface area contributed by atoms with E-state index in [1.807, 2.05) is 0 Å². The molecule has 0 radical (unpaired) electrons. The normalized spacial score (nSPS) is 10.8. The highest BCUT2D eigenvalue weighted by atomic mass is 32.2. The molecule has 8 nitrogen and oxygen atoms in total. The summed E-state index contributed by atoms with van der Waals surface area (Å²) in [4.78, 5) is 24.0. The van der Waals surface area contributed by atoms with Crippen LogP contribution < -0.4 is 10.0 Å². The molecule has 0 atom stereocenters. The van der Waals surface area contributed by atoms with Gasteiger partial charge in [0.05, 0.1) is 24.0 Å². The average Bonchev–Trinajstić information content (AvgIpc) is 2.62. The second-order valence-corrected chi connectivity index (χ2v) is 7.26. The van der Waals surface area contributed by atoms with E-state index in [1.54, 1.807) is 12.1 Å². The van der Waals surface area contributed by atoms with Crippen LogP contribution in [0.15, 0.2) is 47.4 Å². The van der Waals surface area contributed by atoms with Crippen molar-refractivity contribution < 1.29 is 27.1 Å². The van der Waals surface area contributed by atoms with Crippen molar-refractivity contribution in [1.82, 2.24) is 4.90 Å². The number of amides is 2. The molecule has 0 saturated carbocycles. The fourth-order valence-corrected chi connectivity index (χ4v) is 3.25. The standard InChI is InChI=1S/C17H18FN3O5S/c1-21(2)17(23)19-13-6-4-5-7-14(13)20-27(24,25)15-10-11(16(22)26-3)8-9-12(15)18/h4-10,20H,1-3H3,(H,19,23). The van der Waals surface area contributed by atoms with Gasteiger partial charge in [-0.05, 0) is 30.3 Å². The summed E-state index contributed by atoms with van der Waals surface area (Å²) < 4.78 is 46.1. The van der Waals surface area contributed by atoms with Crippen molar-refractivity contribution in [2.45, 2.75) is 4.90 Å². The van der Waals surface area contributed by atoms with E-state index in [2.05, 4.69) is 14.8 Å². The van der Waals surface area contributed by atoms with Gasteiger partial charge in [-0.25, -0.2) is 22.4 Å². The molecule has 2 aromatic carbocycles. The molecule has 0 aliphatic carbocycles. The zero-order valence-electron chi connectivity index (χ0n) is 14.8. The van der Waals surface area contributed by atoms with Gasteiger partial charge in [0.1, 0.15) is 10.7 Å². The minimum absolute atomic E-state index is 0.0376. The topological polar surface area (TPSA) is 105 Å². The monoisotopic (exact) mass is 395 g/mol. The summed E-state index contributed by atoms with van der Waals surface area (Å²) >= 11 is 0. The minimum atomic E-state index is -4.38. The van der Waals surface area contributed by atoms with E-state index in [4.69, 9.17) is 0 Å². The highest BCUT2D eigenvalue weighted by Gasteiger charge is 2.23. The summed E-state index contributed by atoms with van der Waals surface area (Å²) in [6.07, 6.45) is 0. The van der Waals surface area contributed by atoms with E-state index < -0.39 is 32.7 Å². The highest BCUT2D eigenvalue weighted by Crippen LogP contribution is 2.26. The van der Waals surface area contributed by atoms with E-state index in [0.29, 0.717) is 0 Å². The van der Waals surface area contributed by atoms with Crippen LogP contribution in [0, 0.1) is 5.82 Å². The zero-order valence-corrected chi connectivity index (χ0v) is 15.6. The van der Waals surface area contributed by atoms with Crippen LogP contribution in [0.3, 0.4) is 0 Å². The number of urea groups is 1. The van der Waals surface area contributed by atoms with Crippen molar-refractivity contribution >= 4 is 33.4 Å². The van der Waals surface area contributed by atoms with Crippen LogP contribution in [-0.4, -0.2) is 46.5 Å². The van der Waals surface area contributed by atoms with Gasteiger partial charge < -0.3 is 15.0 Å². The lowest BCUT2D eigenvalue weighted by molar-refractivity contribution is 0.0600. The molecule has 2 amide bonds. The van der Waals surface area contributed by atoms with Crippen LogP contribution in [0.1, 0.15) is 10.4 Å². The van der Waals surface area contributed by atoms with Crippen molar-refractivity contribution in [2.75, 3.05) is 31.2 Å². The summed E-state index contributed by atoms with van der Waals surface area (Å²) in [6.45, 7) is 0. The molecule has 10 heteroatoms. The van der Waals surface area contributed by atoms with Crippen LogP contribution in [0.25, 0.3) is 0 Å². The highest BCUT2D eigenvalue weighted by molar-refractivity contribution is 7.92. The summed E-state index contributed by atoms with van der Waals surface area (Å²) in [6, 6.07) is 8.42. The number of ether oxygens (including phenoxy) is 1. The number of sulfonamides is 1. The number of hydrogen-bond donors (Lipinski definition) is 2. The van der Waals surface area contributed by atoms with E-state index in [-0.39, 0.29) is 16.9 Å². The molecule has 2 aromatic rings.